The number of sulfonamides is 1. The van der Waals surface area contributed by atoms with E-state index in [1.165, 1.54) is 19.3 Å². The average molecular weight is 374 g/mol. The van der Waals surface area contributed by atoms with Crippen LogP contribution in [0.2, 0.25) is 4.34 Å². The van der Waals surface area contributed by atoms with E-state index in [-0.39, 0.29) is 19.8 Å². The second-order valence-electron chi connectivity index (χ2n) is 4.73. The maximum atomic E-state index is 12.5. The molecule has 0 aliphatic carbocycles. The van der Waals surface area contributed by atoms with Crippen LogP contribution in [0, 0.1) is 0 Å². The zero-order chi connectivity index (χ0) is 16.8. The highest BCUT2D eigenvalue weighted by atomic mass is 35.5. The van der Waals surface area contributed by atoms with Crippen molar-refractivity contribution in [3.63, 3.8) is 0 Å². The van der Waals surface area contributed by atoms with Gasteiger partial charge in [-0.05, 0) is 18.2 Å². The van der Waals surface area contributed by atoms with Gasteiger partial charge in [0.1, 0.15) is 22.5 Å². The maximum Gasteiger partial charge on any atom is 0.265 e. The van der Waals surface area contributed by atoms with Crippen LogP contribution < -0.4 is 5.32 Å². The molecule has 2 aromatic rings. The van der Waals surface area contributed by atoms with Crippen molar-refractivity contribution in [2.45, 2.75) is 11.0 Å². The molecule has 10 heteroatoms. The summed E-state index contributed by atoms with van der Waals surface area (Å²) in [6, 6.07) is 6.27. The van der Waals surface area contributed by atoms with E-state index in [2.05, 4.69) is 10.3 Å². The molecule has 0 bridgehead atoms. The summed E-state index contributed by atoms with van der Waals surface area (Å²) in [6.07, 6.45) is 0.182. The van der Waals surface area contributed by atoms with Crippen LogP contribution in [-0.2, 0) is 10.0 Å². The molecule has 1 atom stereocenters. The first-order valence-corrected chi connectivity index (χ1v) is 9.03. The van der Waals surface area contributed by atoms with Gasteiger partial charge in [-0.3, -0.25) is 4.31 Å². The Balaban J connectivity index is 2.11. The molecule has 1 aliphatic rings. The summed E-state index contributed by atoms with van der Waals surface area (Å²) in [7, 11) is -2.65. The minimum absolute atomic E-state index is 0.0584. The van der Waals surface area contributed by atoms with Crippen LogP contribution >= 0.6 is 22.9 Å². The molecule has 0 spiro atoms. The van der Waals surface area contributed by atoms with Crippen LogP contribution in [0.3, 0.4) is 0 Å². The Bertz CT molecular complexity index is 880. The molecule has 1 unspecified atom stereocenters. The molecule has 1 aliphatic heterocycles. The topological polar surface area (TPSA) is 103 Å². The van der Waals surface area contributed by atoms with Crippen LogP contribution in [0.25, 0.3) is 0 Å². The number of rotatable bonds is 2. The fourth-order valence-electron chi connectivity index (χ4n) is 2.23. The molecular formula is C13H12ClN3O4S2. The van der Waals surface area contributed by atoms with E-state index in [0.717, 1.165) is 15.6 Å². The number of nitrogens with one attached hydrogen (secondary N) is 1. The minimum atomic E-state index is -3.90. The van der Waals surface area contributed by atoms with E-state index >= 15 is 0 Å². The van der Waals surface area contributed by atoms with Gasteiger partial charge in [0, 0.05) is 13.2 Å². The van der Waals surface area contributed by atoms with Crippen LogP contribution in [0.1, 0.15) is 11.0 Å². The Morgan fingerprint density at radius 2 is 2.22 bits per heavy atom. The second kappa shape index (κ2) is 5.68. The number of fused-ring (bicyclic) bond motifs is 1. The number of hydrogen-bond acceptors (Lipinski definition) is 7. The van der Waals surface area contributed by atoms with E-state index in [0.29, 0.717) is 5.82 Å². The highest BCUT2D eigenvalue weighted by Gasteiger charge is 2.41. The first-order valence-electron chi connectivity index (χ1n) is 6.40. The summed E-state index contributed by atoms with van der Waals surface area (Å²) in [5.74, 6) is -0.192. The molecule has 0 aromatic carbocycles. The highest BCUT2D eigenvalue weighted by molar-refractivity contribution is 7.89. The normalized spacial score (nSPS) is 21.7. The summed E-state index contributed by atoms with van der Waals surface area (Å²) >= 11 is 6.82. The first kappa shape index (κ1) is 16.1. The Hall–Kier alpha value is -1.81. The number of anilines is 1. The molecule has 122 valence electrons. The van der Waals surface area contributed by atoms with Crippen LogP contribution in [0.15, 0.2) is 46.9 Å². The molecule has 23 heavy (non-hydrogen) atoms. The molecule has 3 N–H and O–H groups in total. The Labute approximate surface area is 141 Å². The lowest BCUT2D eigenvalue weighted by Gasteiger charge is -2.31. The molecule has 2 aromatic heterocycles. The third-order valence-electron chi connectivity index (χ3n) is 3.33. The Morgan fingerprint density at radius 3 is 2.87 bits per heavy atom. The van der Waals surface area contributed by atoms with E-state index in [1.807, 2.05) is 0 Å². The van der Waals surface area contributed by atoms with Gasteiger partial charge in [0.05, 0.1) is 9.21 Å². The van der Waals surface area contributed by atoms with Gasteiger partial charge in [-0.25, -0.2) is 13.4 Å². The van der Waals surface area contributed by atoms with Gasteiger partial charge in [0.2, 0.25) is 5.88 Å². The van der Waals surface area contributed by atoms with Crippen molar-refractivity contribution in [3.05, 3.63) is 51.3 Å². The van der Waals surface area contributed by atoms with Crippen molar-refractivity contribution >= 4 is 38.8 Å². The van der Waals surface area contributed by atoms with Crippen LogP contribution in [0.5, 0.6) is 0 Å². The number of hydrogen-bond donors (Lipinski definition) is 3. The van der Waals surface area contributed by atoms with Gasteiger partial charge < -0.3 is 15.5 Å². The van der Waals surface area contributed by atoms with Gasteiger partial charge in [0.25, 0.3) is 10.0 Å². The Morgan fingerprint density at radius 1 is 1.48 bits per heavy atom. The van der Waals surface area contributed by atoms with E-state index < -0.39 is 22.0 Å². The van der Waals surface area contributed by atoms with Crippen LogP contribution in [0.4, 0.5) is 5.82 Å². The first-order chi connectivity index (χ1) is 10.8. The quantitative estimate of drug-likeness (QED) is 0.698. The lowest BCUT2D eigenvalue weighted by molar-refractivity contribution is 0.179. The number of likely N-dealkylation sites (N-methyl/N-ethyl adjacent to an activating group) is 1. The van der Waals surface area contributed by atoms with Crippen molar-refractivity contribution in [1.29, 1.82) is 0 Å². The Kier molecular flexibility index (Phi) is 3.96. The summed E-state index contributed by atoms with van der Waals surface area (Å²) < 4.78 is 26.1. The third-order valence-corrected chi connectivity index (χ3v) is 6.59. The average Bonchev–Trinajstić information content (AvgIpc) is 2.90. The molecule has 3 rings (SSSR count). The lowest BCUT2D eigenvalue weighted by Crippen LogP contribution is -2.36. The zero-order valence-corrected chi connectivity index (χ0v) is 14.2. The van der Waals surface area contributed by atoms with Gasteiger partial charge in [-0.15, -0.1) is 11.3 Å². The zero-order valence-electron chi connectivity index (χ0n) is 11.8. The van der Waals surface area contributed by atoms with E-state index in [4.69, 9.17) is 11.6 Å². The number of nitrogens with zero attached hydrogens (tertiary/aromatic N) is 2. The number of aromatic nitrogens is 1. The molecule has 0 fully saturated rings. The number of pyridine rings is 1. The van der Waals surface area contributed by atoms with Gasteiger partial charge in [-0.2, -0.15) is 0 Å². The fraction of sp³-hybridized carbons (Fsp3) is 0.154. The molecule has 0 saturated heterocycles. The molecular weight excluding hydrogens is 362 g/mol. The summed E-state index contributed by atoms with van der Waals surface area (Å²) in [5.41, 5.74) is -0.193. The number of aliphatic hydroxyl groups is 2. The molecule has 3 heterocycles. The largest absolute Gasteiger partial charge is 0.493 e. The van der Waals surface area contributed by atoms with Gasteiger partial charge in [-0.1, -0.05) is 17.7 Å². The van der Waals surface area contributed by atoms with Crippen molar-refractivity contribution in [2.75, 3.05) is 12.4 Å². The third kappa shape index (κ3) is 2.65. The fourth-order valence-corrected chi connectivity index (χ4v) is 5.31. The van der Waals surface area contributed by atoms with E-state index in [1.54, 1.807) is 18.2 Å². The smallest absolute Gasteiger partial charge is 0.265 e. The second-order valence-corrected chi connectivity index (χ2v) is 8.38. The van der Waals surface area contributed by atoms with Gasteiger partial charge in [0.15, 0.2) is 0 Å². The van der Waals surface area contributed by atoms with Crippen molar-refractivity contribution in [2.24, 2.45) is 0 Å². The summed E-state index contributed by atoms with van der Waals surface area (Å²) in [5, 5.41) is 23.3. The highest BCUT2D eigenvalue weighted by Crippen LogP contribution is 2.44. The number of aliphatic hydroxyl groups excluding tert-OH is 2. The maximum absolute atomic E-state index is 12.5. The molecule has 0 amide bonds. The van der Waals surface area contributed by atoms with Crippen molar-refractivity contribution in [3.8, 4) is 0 Å². The van der Waals surface area contributed by atoms with E-state index in [9.17, 15) is 18.6 Å². The van der Waals surface area contributed by atoms with Crippen molar-refractivity contribution in [1.82, 2.24) is 9.29 Å². The summed E-state index contributed by atoms with van der Waals surface area (Å²) in [6.45, 7) is 0. The molecule has 0 saturated carbocycles. The number of thiophene rings is 1. The number of halogens is 1. The SMILES string of the molecule is CN1/C(=C(\O)Nc2ccccn2)C(O)c2sc(Cl)cc2S1(=O)=O. The molecule has 0 radical (unpaired) electrons. The predicted octanol–water partition coefficient (Wildman–Crippen LogP) is 2.30. The van der Waals surface area contributed by atoms with Crippen molar-refractivity contribution < 1.29 is 18.6 Å². The monoisotopic (exact) mass is 373 g/mol. The molecule has 7 nitrogen and oxygen atoms in total. The minimum Gasteiger partial charge on any atom is -0.493 e. The predicted molar refractivity (Wildman–Crippen MR) is 86.8 cm³/mol. The summed E-state index contributed by atoms with van der Waals surface area (Å²) in [4.78, 5) is 4.08. The van der Waals surface area contributed by atoms with Crippen LogP contribution in [-0.4, -0.2) is 35.0 Å². The lowest BCUT2D eigenvalue weighted by atomic mass is 10.2. The van der Waals surface area contributed by atoms with Gasteiger partial charge >= 0.3 is 0 Å². The standard InChI is InChI=1S/C13H12ClN3O4S2/c1-17-10(13(19)16-9-4-2-3-5-15-9)11(18)12-7(23(17,20)21)6-8(14)22-12/h2-6,11,18-19H,1H3,(H,15,16)/b13-10-.